The minimum absolute atomic E-state index is 0.178. The van der Waals surface area contributed by atoms with Gasteiger partial charge in [0.2, 0.25) is 5.95 Å². The van der Waals surface area contributed by atoms with E-state index in [2.05, 4.69) is 12.2 Å². The number of aromatic nitrogens is 2. The van der Waals surface area contributed by atoms with Crippen molar-refractivity contribution in [2.45, 2.75) is 77.3 Å². The molecule has 0 atom stereocenters. The van der Waals surface area contributed by atoms with Crippen molar-refractivity contribution in [3.8, 4) is 0 Å². The first-order valence-electron chi connectivity index (χ1n) is 9.09. The van der Waals surface area contributed by atoms with Crippen LogP contribution >= 0.6 is 11.3 Å². The van der Waals surface area contributed by atoms with Crippen molar-refractivity contribution in [2.24, 2.45) is 0 Å². The van der Waals surface area contributed by atoms with E-state index in [1.54, 1.807) is 11.3 Å². The number of fused-ring (bicyclic) bond motifs is 3. The zero-order valence-electron chi connectivity index (χ0n) is 13.9. The third-order valence-electron chi connectivity index (χ3n) is 5.21. The van der Waals surface area contributed by atoms with Gasteiger partial charge in [0, 0.05) is 17.5 Å². The smallest absolute Gasteiger partial charge is 0.263 e. The second-order valence-electron chi connectivity index (χ2n) is 6.91. The first kappa shape index (κ1) is 15.2. The molecule has 0 saturated heterocycles. The first-order chi connectivity index (χ1) is 11.3. The van der Waals surface area contributed by atoms with Gasteiger partial charge in [0.15, 0.2) is 0 Å². The molecular weight excluding hydrogens is 306 g/mol. The lowest BCUT2D eigenvalue weighted by Crippen LogP contribution is -2.28. The third-order valence-corrected chi connectivity index (χ3v) is 6.40. The normalized spacial score (nSPS) is 18.5. The van der Waals surface area contributed by atoms with Crippen LogP contribution in [0.4, 0.5) is 5.95 Å². The highest BCUT2D eigenvalue weighted by atomic mass is 32.1. The molecule has 4 nitrogen and oxygen atoms in total. The van der Waals surface area contributed by atoms with Crippen LogP contribution < -0.4 is 10.9 Å². The van der Waals surface area contributed by atoms with E-state index in [4.69, 9.17) is 4.98 Å². The Morgan fingerprint density at radius 2 is 2.00 bits per heavy atom. The molecule has 0 unspecified atom stereocenters. The Morgan fingerprint density at radius 1 is 1.22 bits per heavy atom. The maximum atomic E-state index is 13.1. The fourth-order valence-electron chi connectivity index (χ4n) is 4.03. The summed E-state index contributed by atoms with van der Waals surface area (Å²) in [5.41, 5.74) is 1.47. The first-order valence-corrected chi connectivity index (χ1v) is 9.91. The van der Waals surface area contributed by atoms with Gasteiger partial charge < -0.3 is 5.32 Å². The van der Waals surface area contributed by atoms with Gasteiger partial charge >= 0.3 is 0 Å². The highest BCUT2D eigenvalue weighted by Crippen LogP contribution is 2.34. The topological polar surface area (TPSA) is 46.9 Å². The number of anilines is 1. The molecule has 5 heteroatoms. The molecule has 0 bridgehead atoms. The molecule has 1 N–H and O–H groups in total. The maximum absolute atomic E-state index is 13.1. The summed E-state index contributed by atoms with van der Waals surface area (Å²) in [5, 5.41) is 4.48. The van der Waals surface area contributed by atoms with Gasteiger partial charge in [-0.2, -0.15) is 0 Å². The Balaban J connectivity index is 1.84. The van der Waals surface area contributed by atoms with Crippen molar-refractivity contribution >= 4 is 27.5 Å². The van der Waals surface area contributed by atoms with Gasteiger partial charge in [-0.15, -0.1) is 11.3 Å². The summed E-state index contributed by atoms with van der Waals surface area (Å²) >= 11 is 1.75. The zero-order valence-corrected chi connectivity index (χ0v) is 14.7. The Hall–Kier alpha value is -1.36. The Kier molecular flexibility index (Phi) is 4.14. The van der Waals surface area contributed by atoms with Crippen LogP contribution in [0.3, 0.4) is 0 Å². The molecule has 23 heavy (non-hydrogen) atoms. The highest BCUT2D eigenvalue weighted by molar-refractivity contribution is 7.18. The molecule has 0 spiro atoms. The van der Waals surface area contributed by atoms with Crippen LogP contribution in [-0.4, -0.2) is 15.6 Å². The van der Waals surface area contributed by atoms with E-state index in [-0.39, 0.29) is 5.56 Å². The molecule has 2 heterocycles. The lowest BCUT2D eigenvalue weighted by Gasteiger charge is -2.17. The van der Waals surface area contributed by atoms with E-state index in [0.717, 1.165) is 42.0 Å². The zero-order chi connectivity index (χ0) is 15.8. The molecule has 2 aliphatic carbocycles. The number of thiophene rings is 1. The van der Waals surface area contributed by atoms with E-state index < -0.39 is 0 Å². The summed E-state index contributed by atoms with van der Waals surface area (Å²) in [7, 11) is 0. The predicted molar refractivity (Wildman–Crippen MR) is 96.7 cm³/mol. The van der Waals surface area contributed by atoms with Gasteiger partial charge in [0.25, 0.3) is 5.56 Å². The summed E-state index contributed by atoms with van der Waals surface area (Å²) in [5.74, 6) is 0.801. The second kappa shape index (κ2) is 6.27. The molecule has 1 fully saturated rings. The number of nitrogens with one attached hydrogen (secondary N) is 1. The van der Waals surface area contributed by atoms with Gasteiger partial charge in [-0.3, -0.25) is 9.36 Å². The van der Waals surface area contributed by atoms with Crippen molar-refractivity contribution in [1.29, 1.82) is 0 Å². The molecule has 0 radical (unpaired) electrons. The van der Waals surface area contributed by atoms with E-state index >= 15 is 0 Å². The van der Waals surface area contributed by atoms with Crippen LogP contribution in [0, 0.1) is 0 Å². The van der Waals surface area contributed by atoms with Crippen LogP contribution in [0.5, 0.6) is 0 Å². The Labute approximate surface area is 140 Å². The number of hydrogen-bond acceptors (Lipinski definition) is 4. The molecule has 0 aliphatic heterocycles. The number of rotatable bonds is 4. The molecule has 124 valence electrons. The van der Waals surface area contributed by atoms with E-state index in [1.165, 1.54) is 49.0 Å². The maximum Gasteiger partial charge on any atom is 0.263 e. The standard InChI is InChI=1S/C18H25N3OS/c1-2-11-21-17(22)15-13-9-5-6-10-14(13)23-16(15)20-18(21)19-12-7-3-4-8-12/h12H,2-11H2,1H3,(H,19,20). The van der Waals surface area contributed by atoms with Crippen molar-refractivity contribution < 1.29 is 0 Å². The molecule has 0 amide bonds. The minimum Gasteiger partial charge on any atom is -0.353 e. The predicted octanol–water partition coefficient (Wildman–Crippen LogP) is 4.10. The minimum atomic E-state index is 0.178. The van der Waals surface area contributed by atoms with Gasteiger partial charge in [0.1, 0.15) is 4.83 Å². The average Bonchev–Trinajstić information content (AvgIpc) is 3.18. The van der Waals surface area contributed by atoms with Gasteiger partial charge in [-0.25, -0.2) is 4.98 Å². The Bertz CT molecular complexity index is 771. The van der Waals surface area contributed by atoms with Crippen molar-refractivity contribution in [1.82, 2.24) is 9.55 Å². The van der Waals surface area contributed by atoms with Crippen LogP contribution in [0.1, 0.15) is 62.3 Å². The van der Waals surface area contributed by atoms with Crippen molar-refractivity contribution in [3.63, 3.8) is 0 Å². The second-order valence-corrected chi connectivity index (χ2v) is 7.99. The van der Waals surface area contributed by atoms with Crippen LogP contribution in [0.15, 0.2) is 4.79 Å². The summed E-state index contributed by atoms with van der Waals surface area (Å²) in [6, 6.07) is 0.483. The molecular formula is C18H25N3OS. The van der Waals surface area contributed by atoms with Crippen LogP contribution in [-0.2, 0) is 19.4 Å². The van der Waals surface area contributed by atoms with Crippen LogP contribution in [0.25, 0.3) is 10.2 Å². The lowest BCUT2D eigenvalue weighted by atomic mass is 9.97. The van der Waals surface area contributed by atoms with E-state index in [0.29, 0.717) is 6.04 Å². The molecule has 2 aliphatic rings. The van der Waals surface area contributed by atoms with Crippen molar-refractivity contribution in [2.75, 3.05) is 5.32 Å². The molecule has 2 aromatic heterocycles. The van der Waals surface area contributed by atoms with Gasteiger partial charge in [-0.1, -0.05) is 19.8 Å². The summed E-state index contributed by atoms with van der Waals surface area (Å²) in [4.78, 5) is 20.4. The Morgan fingerprint density at radius 3 is 2.78 bits per heavy atom. The quantitative estimate of drug-likeness (QED) is 0.917. The molecule has 4 rings (SSSR count). The SMILES string of the molecule is CCCn1c(NC2CCCC2)nc2sc3c(c2c1=O)CCCC3. The van der Waals surface area contributed by atoms with E-state index in [1.807, 2.05) is 4.57 Å². The van der Waals surface area contributed by atoms with Gasteiger partial charge in [0.05, 0.1) is 5.39 Å². The highest BCUT2D eigenvalue weighted by Gasteiger charge is 2.23. The lowest BCUT2D eigenvalue weighted by molar-refractivity contribution is 0.636. The number of hydrogen-bond donors (Lipinski definition) is 1. The average molecular weight is 331 g/mol. The van der Waals surface area contributed by atoms with Crippen molar-refractivity contribution in [3.05, 3.63) is 20.8 Å². The summed E-state index contributed by atoms with van der Waals surface area (Å²) < 4.78 is 1.89. The number of aryl methyl sites for hydroxylation is 2. The third kappa shape index (κ3) is 2.69. The van der Waals surface area contributed by atoms with Crippen LogP contribution in [0.2, 0.25) is 0 Å². The summed E-state index contributed by atoms with van der Waals surface area (Å²) in [6.45, 7) is 2.88. The fraction of sp³-hybridized carbons (Fsp3) is 0.667. The molecule has 2 aromatic rings. The monoisotopic (exact) mass is 331 g/mol. The molecule has 0 aromatic carbocycles. The summed E-state index contributed by atoms with van der Waals surface area (Å²) in [6.07, 6.45) is 10.5. The van der Waals surface area contributed by atoms with E-state index in [9.17, 15) is 4.79 Å². The molecule has 1 saturated carbocycles. The largest absolute Gasteiger partial charge is 0.353 e. The number of nitrogens with zero attached hydrogens (tertiary/aromatic N) is 2. The fourth-order valence-corrected chi connectivity index (χ4v) is 5.28. The van der Waals surface area contributed by atoms with Gasteiger partial charge in [-0.05, 0) is 50.5 Å².